The zero-order valence-corrected chi connectivity index (χ0v) is 14.3. The van der Waals surface area contributed by atoms with Crippen LogP contribution in [0.1, 0.15) is 29.2 Å². The average molecular weight is 361 g/mol. The van der Waals surface area contributed by atoms with Gasteiger partial charge in [0.2, 0.25) is 5.91 Å². The van der Waals surface area contributed by atoms with Gasteiger partial charge in [-0.25, -0.2) is 15.0 Å². The molecule has 1 atom stereocenters. The van der Waals surface area contributed by atoms with Crippen LogP contribution in [0, 0.1) is 6.92 Å². The average Bonchev–Trinajstić information content (AvgIpc) is 3.26. The topological polar surface area (TPSA) is 122 Å². The zero-order valence-electron chi connectivity index (χ0n) is 14.3. The molecule has 1 aromatic carbocycles. The first kappa shape index (κ1) is 15.5. The third-order valence-electron chi connectivity index (χ3n) is 4.80. The Hall–Kier alpha value is -3.75. The number of aromatic hydroxyl groups is 1. The summed E-state index contributed by atoms with van der Waals surface area (Å²) in [5, 5.41) is 17.1. The van der Waals surface area contributed by atoms with Crippen molar-refractivity contribution in [2.75, 3.05) is 5.32 Å². The highest BCUT2D eigenvalue weighted by molar-refractivity contribution is 5.95. The second-order valence-electron chi connectivity index (χ2n) is 6.45. The maximum absolute atomic E-state index is 12.4. The predicted octanol–water partition coefficient (Wildman–Crippen LogP) is 2.03. The Morgan fingerprint density at radius 3 is 2.81 bits per heavy atom. The Bertz CT molecular complexity index is 1180. The third kappa shape index (κ3) is 2.35. The number of nitrogens with zero attached hydrogens (tertiary/aromatic N) is 5. The van der Waals surface area contributed by atoms with Crippen LogP contribution in [0.4, 0.5) is 5.82 Å². The Morgan fingerprint density at radius 2 is 2.00 bits per heavy atom. The number of aromatic amines is 1. The van der Waals surface area contributed by atoms with Crippen LogP contribution in [0.5, 0.6) is 5.75 Å². The molecule has 0 fully saturated rings. The van der Waals surface area contributed by atoms with E-state index >= 15 is 0 Å². The predicted molar refractivity (Wildman–Crippen MR) is 96.7 cm³/mol. The third-order valence-corrected chi connectivity index (χ3v) is 4.80. The minimum Gasteiger partial charge on any atom is -0.508 e. The number of nitrogens with one attached hydrogen (secondary N) is 2. The molecular formula is C18H15N7O2. The number of carbonyl (C=O) groups excluding carboxylic acids is 1. The smallest absolute Gasteiger partial charge is 0.226 e. The minimum atomic E-state index is -0.151. The summed E-state index contributed by atoms with van der Waals surface area (Å²) in [5.41, 5.74) is 3.85. The van der Waals surface area contributed by atoms with Gasteiger partial charge in [0.1, 0.15) is 23.4 Å². The van der Waals surface area contributed by atoms with E-state index in [1.165, 1.54) is 6.33 Å². The molecule has 5 rings (SSSR count). The van der Waals surface area contributed by atoms with E-state index in [-0.39, 0.29) is 17.6 Å². The summed E-state index contributed by atoms with van der Waals surface area (Å²) in [5.74, 6) is 1.05. The van der Waals surface area contributed by atoms with Gasteiger partial charge >= 0.3 is 0 Å². The Balaban J connectivity index is 1.72. The molecule has 1 amide bonds. The van der Waals surface area contributed by atoms with E-state index in [9.17, 15) is 9.90 Å². The quantitative estimate of drug-likeness (QED) is 0.502. The Labute approximate surface area is 153 Å². The molecule has 4 heterocycles. The number of rotatable bonds is 2. The van der Waals surface area contributed by atoms with E-state index in [4.69, 9.17) is 0 Å². The van der Waals surface area contributed by atoms with Crippen LogP contribution in [0.15, 0.2) is 36.9 Å². The fourth-order valence-corrected chi connectivity index (χ4v) is 3.60. The lowest BCUT2D eigenvalue weighted by Crippen LogP contribution is -2.25. The van der Waals surface area contributed by atoms with Gasteiger partial charge in [0.25, 0.3) is 0 Å². The number of H-pyrrole nitrogens is 1. The van der Waals surface area contributed by atoms with Crippen LogP contribution in [-0.2, 0) is 4.79 Å². The number of phenols is 1. The molecule has 0 spiro atoms. The van der Waals surface area contributed by atoms with Gasteiger partial charge in [-0.15, -0.1) is 0 Å². The number of phenolic OH excluding ortho intramolecular Hbond substituents is 1. The van der Waals surface area contributed by atoms with Gasteiger partial charge < -0.3 is 15.4 Å². The summed E-state index contributed by atoms with van der Waals surface area (Å²) in [4.78, 5) is 28.1. The highest BCUT2D eigenvalue weighted by Crippen LogP contribution is 2.40. The first-order chi connectivity index (χ1) is 13.1. The molecule has 1 aliphatic rings. The molecule has 0 unspecified atom stereocenters. The molecular weight excluding hydrogens is 346 g/mol. The number of benzene rings is 1. The highest BCUT2D eigenvalue weighted by Gasteiger charge is 2.33. The molecule has 3 N–H and O–H groups in total. The molecule has 9 nitrogen and oxygen atoms in total. The molecule has 0 saturated carbocycles. The van der Waals surface area contributed by atoms with Gasteiger partial charge in [-0.2, -0.15) is 9.78 Å². The first-order valence-corrected chi connectivity index (χ1v) is 8.44. The number of amides is 1. The molecule has 1 aliphatic heterocycles. The molecule has 0 bridgehead atoms. The Morgan fingerprint density at radius 1 is 1.19 bits per heavy atom. The van der Waals surface area contributed by atoms with Crippen molar-refractivity contribution in [2.45, 2.75) is 19.3 Å². The van der Waals surface area contributed by atoms with Gasteiger partial charge in [0.05, 0.1) is 12.0 Å². The molecule has 0 saturated heterocycles. The number of carbonyl (C=O) groups is 1. The molecule has 9 heteroatoms. The molecule has 0 radical (unpaired) electrons. The Kier molecular flexibility index (Phi) is 3.23. The van der Waals surface area contributed by atoms with Crippen molar-refractivity contribution >= 4 is 22.9 Å². The number of hydrogen-bond acceptors (Lipinski definition) is 6. The van der Waals surface area contributed by atoms with Crippen molar-refractivity contribution in [3.63, 3.8) is 0 Å². The maximum atomic E-state index is 12.4. The second kappa shape index (κ2) is 5.63. The van der Waals surface area contributed by atoms with Crippen molar-refractivity contribution in [1.29, 1.82) is 0 Å². The molecule has 0 aliphatic carbocycles. The fraction of sp³-hybridized carbons (Fsp3) is 0.167. The number of imidazole rings is 1. The van der Waals surface area contributed by atoms with Gasteiger partial charge in [-0.3, -0.25) is 4.79 Å². The lowest BCUT2D eigenvalue weighted by molar-refractivity contribution is -0.116. The number of aryl methyl sites for hydroxylation is 1. The van der Waals surface area contributed by atoms with Crippen LogP contribution in [0.3, 0.4) is 0 Å². The van der Waals surface area contributed by atoms with E-state index in [1.807, 2.05) is 19.1 Å². The van der Waals surface area contributed by atoms with Gasteiger partial charge in [0.15, 0.2) is 11.5 Å². The summed E-state index contributed by atoms with van der Waals surface area (Å²) in [7, 11) is 0. The van der Waals surface area contributed by atoms with E-state index in [0.717, 1.165) is 16.8 Å². The molecule has 3 aromatic heterocycles. The summed E-state index contributed by atoms with van der Waals surface area (Å²) in [6, 6.07) is 6.91. The van der Waals surface area contributed by atoms with E-state index in [2.05, 4.69) is 30.4 Å². The van der Waals surface area contributed by atoms with Crippen LogP contribution in [-0.4, -0.2) is 40.7 Å². The standard InChI is InChI=1S/C18H15N7O2/c1-9-14-12(10-2-4-11(26)5-3-10)6-13(27)23-17(14)25(24-9)18-15-16(20-7-19-15)21-8-22-18/h2-5,7-8,12,26H,6H2,1H3,(H,23,27)(H,19,20,21,22)/t12-/m0/s1. The van der Waals surface area contributed by atoms with Crippen molar-refractivity contribution < 1.29 is 9.90 Å². The van der Waals surface area contributed by atoms with Gasteiger partial charge in [-0.05, 0) is 24.6 Å². The number of hydrogen-bond donors (Lipinski definition) is 3. The first-order valence-electron chi connectivity index (χ1n) is 8.44. The highest BCUT2D eigenvalue weighted by atomic mass is 16.3. The van der Waals surface area contributed by atoms with Crippen LogP contribution in [0.25, 0.3) is 17.0 Å². The van der Waals surface area contributed by atoms with E-state index in [1.54, 1.807) is 23.1 Å². The van der Waals surface area contributed by atoms with Crippen molar-refractivity contribution in [3.05, 3.63) is 53.7 Å². The normalized spacial score (nSPS) is 16.3. The minimum absolute atomic E-state index is 0.100. The fourth-order valence-electron chi connectivity index (χ4n) is 3.60. The van der Waals surface area contributed by atoms with Crippen LogP contribution < -0.4 is 5.32 Å². The largest absolute Gasteiger partial charge is 0.508 e. The molecule has 27 heavy (non-hydrogen) atoms. The van der Waals surface area contributed by atoms with Crippen molar-refractivity contribution in [1.82, 2.24) is 29.7 Å². The van der Waals surface area contributed by atoms with Crippen molar-refractivity contribution in [3.8, 4) is 11.6 Å². The zero-order chi connectivity index (χ0) is 18.5. The van der Waals surface area contributed by atoms with Crippen LogP contribution >= 0.6 is 0 Å². The molecule has 4 aromatic rings. The van der Waals surface area contributed by atoms with Crippen molar-refractivity contribution in [2.24, 2.45) is 0 Å². The monoisotopic (exact) mass is 361 g/mol. The lowest BCUT2D eigenvalue weighted by atomic mass is 9.86. The molecule has 134 valence electrons. The van der Waals surface area contributed by atoms with Crippen LogP contribution in [0.2, 0.25) is 0 Å². The second-order valence-corrected chi connectivity index (χ2v) is 6.45. The summed E-state index contributed by atoms with van der Waals surface area (Å²) in [6.07, 6.45) is 3.28. The van der Waals surface area contributed by atoms with Gasteiger partial charge in [-0.1, -0.05) is 12.1 Å². The lowest BCUT2D eigenvalue weighted by Gasteiger charge is -2.24. The number of fused-ring (bicyclic) bond motifs is 2. The van der Waals surface area contributed by atoms with Gasteiger partial charge in [0, 0.05) is 17.9 Å². The number of aromatic nitrogens is 6. The summed E-state index contributed by atoms with van der Waals surface area (Å²) < 4.78 is 1.62. The van der Waals surface area contributed by atoms with E-state index < -0.39 is 0 Å². The number of anilines is 1. The SMILES string of the molecule is Cc1nn(-c2ncnc3nc[nH]c23)c2c1[C@H](c1ccc(O)cc1)CC(=O)N2. The summed E-state index contributed by atoms with van der Waals surface area (Å²) in [6.45, 7) is 1.91. The summed E-state index contributed by atoms with van der Waals surface area (Å²) >= 11 is 0. The maximum Gasteiger partial charge on any atom is 0.226 e. The van der Waals surface area contributed by atoms with E-state index in [0.29, 0.717) is 29.2 Å².